The van der Waals surface area contributed by atoms with E-state index in [1.165, 1.54) is 40.5 Å². The zero-order valence-electron chi connectivity index (χ0n) is 18.6. The van der Waals surface area contributed by atoms with E-state index in [9.17, 15) is 14.0 Å². The maximum Gasteiger partial charge on any atom is 0.234 e. The third-order valence-corrected chi connectivity index (χ3v) is 7.38. The Hall–Kier alpha value is -3.56. The molecule has 0 N–H and O–H groups in total. The van der Waals surface area contributed by atoms with E-state index in [2.05, 4.69) is 4.98 Å². The number of fused-ring (bicyclic) bond motifs is 1. The Morgan fingerprint density at radius 3 is 2.77 bits per heavy atom. The number of carbonyl (C=O) groups excluding carboxylic acids is 2. The highest BCUT2D eigenvalue weighted by Gasteiger charge is 2.38. The normalized spacial score (nSPS) is 15.6. The lowest BCUT2D eigenvalue weighted by molar-refractivity contribution is -0.124. The highest BCUT2D eigenvalue weighted by Crippen LogP contribution is 2.40. The quantitative estimate of drug-likeness (QED) is 0.361. The van der Waals surface area contributed by atoms with Gasteiger partial charge in [0.2, 0.25) is 11.8 Å². The van der Waals surface area contributed by atoms with Crippen LogP contribution in [0, 0.1) is 11.7 Å². The van der Waals surface area contributed by atoms with Gasteiger partial charge in [0.25, 0.3) is 0 Å². The number of aromatic nitrogens is 2. The van der Waals surface area contributed by atoms with Gasteiger partial charge in [-0.05, 0) is 48.0 Å². The SMILES string of the molecule is COc1ccc(Cl)c2sc(N(Cc3cccnc3)C(=O)C3CC(=O)N(c4ccc(F)cc4)C3)nc12. The first-order valence-electron chi connectivity index (χ1n) is 10.8. The standard InChI is InChI=1S/C25H20ClFN4O3S/c1-34-20-9-8-19(26)23-22(20)29-25(35-23)31(13-15-3-2-10-28-12-15)24(33)16-11-21(32)30(14-16)18-6-4-17(27)5-7-18/h2-10,12,16H,11,13-14H2,1H3. The van der Waals surface area contributed by atoms with Crippen LogP contribution in [0.3, 0.4) is 0 Å². The van der Waals surface area contributed by atoms with E-state index in [1.54, 1.807) is 42.6 Å². The molecule has 0 aliphatic carbocycles. The molecule has 3 heterocycles. The minimum Gasteiger partial charge on any atom is -0.494 e. The van der Waals surface area contributed by atoms with Crippen LogP contribution in [0.5, 0.6) is 5.75 Å². The molecule has 2 aromatic carbocycles. The number of halogens is 2. The van der Waals surface area contributed by atoms with Crippen molar-refractivity contribution in [1.82, 2.24) is 9.97 Å². The third-order valence-electron chi connectivity index (χ3n) is 5.84. The van der Waals surface area contributed by atoms with E-state index in [4.69, 9.17) is 21.3 Å². The zero-order valence-corrected chi connectivity index (χ0v) is 20.2. The lowest BCUT2D eigenvalue weighted by Gasteiger charge is -2.23. The molecule has 2 aromatic heterocycles. The number of nitrogens with zero attached hydrogens (tertiary/aromatic N) is 4. The summed E-state index contributed by atoms with van der Waals surface area (Å²) in [5, 5.41) is 0.963. The fourth-order valence-electron chi connectivity index (χ4n) is 4.10. The smallest absolute Gasteiger partial charge is 0.234 e. The fraction of sp³-hybridized carbons (Fsp3) is 0.200. The van der Waals surface area contributed by atoms with Gasteiger partial charge in [-0.15, -0.1) is 0 Å². The number of pyridine rings is 1. The Labute approximate surface area is 209 Å². The van der Waals surface area contributed by atoms with E-state index in [0.29, 0.717) is 31.8 Å². The lowest BCUT2D eigenvalue weighted by atomic mass is 10.1. The highest BCUT2D eigenvalue weighted by atomic mass is 35.5. The van der Waals surface area contributed by atoms with Crippen LogP contribution >= 0.6 is 22.9 Å². The first kappa shape index (κ1) is 23.2. The number of benzene rings is 2. The van der Waals surface area contributed by atoms with Gasteiger partial charge < -0.3 is 9.64 Å². The van der Waals surface area contributed by atoms with Crippen LogP contribution < -0.4 is 14.5 Å². The molecule has 178 valence electrons. The lowest BCUT2D eigenvalue weighted by Crippen LogP contribution is -2.37. The Balaban J connectivity index is 1.50. The molecule has 1 unspecified atom stereocenters. The van der Waals surface area contributed by atoms with Gasteiger partial charge in [-0.25, -0.2) is 9.37 Å². The molecule has 0 spiro atoms. The summed E-state index contributed by atoms with van der Waals surface area (Å²) in [6.45, 7) is 0.426. The summed E-state index contributed by atoms with van der Waals surface area (Å²) in [5.41, 5.74) is 1.94. The number of ether oxygens (including phenoxy) is 1. The van der Waals surface area contributed by atoms with Crippen LogP contribution in [0.15, 0.2) is 60.9 Å². The van der Waals surface area contributed by atoms with Gasteiger partial charge in [-0.1, -0.05) is 29.0 Å². The molecule has 2 amide bonds. The van der Waals surface area contributed by atoms with Crippen molar-refractivity contribution in [1.29, 1.82) is 0 Å². The molecule has 10 heteroatoms. The molecule has 0 radical (unpaired) electrons. The van der Waals surface area contributed by atoms with Crippen molar-refractivity contribution in [2.45, 2.75) is 13.0 Å². The maximum atomic E-state index is 13.8. The van der Waals surface area contributed by atoms with Crippen molar-refractivity contribution in [3.8, 4) is 5.75 Å². The molecular weight excluding hydrogens is 491 g/mol. The van der Waals surface area contributed by atoms with Crippen molar-refractivity contribution in [2.24, 2.45) is 5.92 Å². The van der Waals surface area contributed by atoms with Crippen LogP contribution in [-0.4, -0.2) is 35.4 Å². The number of hydrogen-bond acceptors (Lipinski definition) is 6. The van der Waals surface area contributed by atoms with Gasteiger partial charge in [-0.3, -0.25) is 19.5 Å². The van der Waals surface area contributed by atoms with Crippen molar-refractivity contribution in [3.05, 3.63) is 77.3 Å². The predicted molar refractivity (Wildman–Crippen MR) is 133 cm³/mol. The molecule has 7 nitrogen and oxygen atoms in total. The molecule has 0 bridgehead atoms. The maximum absolute atomic E-state index is 13.8. The molecule has 1 aliphatic rings. The predicted octanol–water partition coefficient (Wildman–Crippen LogP) is 5.08. The van der Waals surface area contributed by atoms with Crippen molar-refractivity contribution >= 4 is 55.8 Å². The van der Waals surface area contributed by atoms with Gasteiger partial charge in [0.1, 0.15) is 17.1 Å². The number of thiazole rings is 1. The Kier molecular flexibility index (Phi) is 6.36. The summed E-state index contributed by atoms with van der Waals surface area (Å²) in [6.07, 6.45) is 3.40. The molecular formula is C25H20ClFN4O3S. The molecule has 1 fully saturated rings. The Bertz CT molecular complexity index is 1400. The van der Waals surface area contributed by atoms with Crippen LogP contribution in [0.4, 0.5) is 15.2 Å². The molecule has 5 rings (SSSR count). The molecule has 1 atom stereocenters. The molecule has 4 aromatic rings. The van der Waals surface area contributed by atoms with Crippen LogP contribution in [-0.2, 0) is 16.1 Å². The summed E-state index contributed by atoms with van der Waals surface area (Å²) in [7, 11) is 1.55. The minimum absolute atomic E-state index is 0.0503. The topological polar surface area (TPSA) is 75.6 Å². The number of carbonyl (C=O) groups is 2. The Morgan fingerprint density at radius 1 is 1.26 bits per heavy atom. The van der Waals surface area contributed by atoms with E-state index in [0.717, 1.165) is 5.56 Å². The van der Waals surface area contributed by atoms with Crippen LogP contribution in [0.2, 0.25) is 5.02 Å². The molecule has 1 aliphatic heterocycles. The number of amides is 2. The fourth-order valence-corrected chi connectivity index (χ4v) is 5.36. The van der Waals surface area contributed by atoms with Gasteiger partial charge in [-0.2, -0.15) is 0 Å². The number of hydrogen-bond donors (Lipinski definition) is 0. The van der Waals surface area contributed by atoms with E-state index in [-0.39, 0.29) is 37.1 Å². The van der Waals surface area contributed by atoms with Crippen molar-refractivity contribution < 1.29 is 18.7 Å². The summed E-state index contributed by atoms with van der Waals surface area (Å²) in [5.74, 6) is -0.848. The van der Waals surface area contributed by atoms with Crippen molar-refractivity contribution in [2.75, 3.05) is 23.5 Å². The van der Waals surface area contributed by atoms with E-state index >= 15 is 0 Å². The molecule has 1 saturated heterocycles. The summed E-state index contributed by atoms with van der Waals surface area (Å²) < 4.78 is 19.5. The van der Waals surface area contributed by atoms with Crippen molar-refractivity contribution in [3.63, 3.8) is 0 Å². The average Bonchev–Trinajstić information content (AvgIpc) is 3.48. The third kappa shape index (κ3) is 4.56. The molecule has 0 saturated carbocycles. The van der Waals surface area contributed by atoms with Gasteiger partial charge in [0.05, 0.1) is 29.3 Å². The Morgan fingerprint density at radius 2 is 2.06 bits per heavy atom. The van der Waals surface area contributed by atoms with Gasteiger partial charge in [0.15, 0.2) is 5.13 Å². The second-order valence-electron chi connectivity index (χ2n) is 8.09. The summed E-state index contributed by atoms with van der Waals surface area (Å²) in [4.78, 5) is 38.5. The number of methoxy groups -OCH3 is 1. The highest BCUT2D eigenvalue weighted by molar-refractivity contribution is 7.23. The van der Waals surface area contributed by atoms with Gasteiger partial charge >= 0.3 is 0 Å². The van der Waals surface area contributed by atoms with Crippen LogP contribution in [0.1, 0.15) is 12.0 Å². The van der Waals surface area contributed by atoms with Gasteiger partial charge in [0, 0.05) is 31.0 Å². The minimum atomic E-state index is -0.589. The average molecular weight is 511 g/mol. The van der Waals surface area contributed by atoms with E-state index in [1.807, 2.05) is 6.07 Å². The zero-order chi connectivity index (χ0) is 24.5. The first-order chi connectivity index (χ1) is 16.9. The molecule has 35 heavy (non-hydrogen) atoms. The number of anilines is 2. The largest absolute Gasteiger partial charge is 0.494 e. The van der Waals surface area contributed by atoms with E-state index < -0.39 is 5.92 Å². The second kappa shape index (κ2) is 9.59. The second-order valence-corrected chi connectivity index (χ2v) is 9.48. The van der Waals surface area contributed by atoms with Crippen LogP contribution in [0.25, 0.3) is 10.2 Å². The number of rotatable bonds is 6. The summed E-state index contributed by atoms with van der Waals surface area (Å²) >= 11 is 7.70. The monoisotopic (exact) mass is 510 g/mol. The summed E-state index contributed by atoms with van der Waals surface area (Å²) in [6, 6.07) is 12.8. The first-order valence-corrected chi connectivity index (χ1v) is 12.0.